The number of benzene rings is 1. The second-order valence-electron chi connectivity index (χ2n) is 4.27. The Hall–Kier alpha value is -1.06. The summed E-state index contributed by atoms with van der Waals surface area (Å²) in [5.41, 5.74) is 1.35. The fraction of sp³-hybridized carbons (Fsp3) is 0.538. The summed E-state index contributed by atoms with van der Waals surface area (Å²) >= 11 is 0. The van der Waals surface area contributed by atoms with Crippen LogP contribution in [-0.4, -0.2) is 33.4 Å². The lowest BCUT2D eigenvalue weighted by Crippen LogP contribution is -2.25. The minimum Gasteiger partial charge on any atom is -0.497 e. The summed E-state index contributed by atoms with van der Waals surface area (Å²) < 4.78 is 10.4. The van der Waals surface area contributed by atoms with Gasteiger partial charge in [0, 0.05) is 19.7 Å². The van der Waals surface area contributed by atoms with Gasteiger partial charge in [-0.3, -0.25) is 0 Å². The Morgan fingerprint density at radius 3 is 3.00 bits per heavy atom. The Labute approximate surface area is 96.8 Å². The maximum Gasteiger partial charge on any atom is 0.119 e. The zero-order valence-corrected chi connectivity index (χ0v) is 9.90. The molecule has 1 aliphatic rings. The van der Waals surface area contributed by atoms with Crippen LogP contribution in [0.25, 0.3) is 0 Å². The van der Waals surface area contributed by atoms with Crippen molar-refractivity contribution in [1.29, 1.82) is 0 Å². The first-order valence-electron chi connectivity index (χ1n) is 5.69. The van der Waals surface area contributed by atoms with Crippen molar-refractivity contribution in [3.8, 4) is 5.75 Å². The van der Waals surface area contributed by atoms with Crippen molar-refractivity contribution in [3.63, 3.8) is 0 Å². The molecule has 0 saturated carbocycles. The summed E-state index contributed by atoms with van der Waals surface area (Å²) in [6, 6.07) is 8.82. The Kier molecular flexibility index (Phi) is 3.80. The molecule has 2 rings (SSSR count). The van der Waals surface area contributed by atoms with Gasteiger partial charge in [-0.2, -0.15) is 0 Å². The Morgan fingerprint density at radius 2 is 2.25 bits per heavy atom. The molecule has 88 valence electrons. The third-order valence-electron chi connectivity index (χ3n) is 3.16. The van der Waals surface area contributed by atoms with Crippen LogP contribution in [0.1, 0.15) is 17.9 Å². The smallest absolute Gasteiger partial charge is 0.119 e. The van der Waals surface area contributed by atoms with Crippen LogP contribution in [0.2, 0.25) is 0 Å². The van der Waals surface area contributed by atoms with Crippen molar-refractivity contribution in [3.05, 3.63) is 29.8 Å². The summed E-state index contributed by atoms with van der Waals surface area (Å²) in [6.07, 6.45) is 1.14. The molecule has 0 bridgehead atoms. The van der Waals surface area contributed by atoms with Gasteiger partial charge in [0.25, 0.3) is 0 Å². The van der Waals surface area contributed by atoms with Gasteiger partial charge in [-0.15, -0.1) is 0 Å². The van der Waals surface area contributed by atoms with Gasteiger partial charge in [-0.1, -0.05) is 12.1 Å². The highest BCUT2D eigenvalue weighted by molar-refractivity contribution is 5.31. The Balaban J connectivity index is 2.02. The summed E-state index contributed by atoms with van der Waals surface area (Å²) in [4.78, 5) is 0. The van der Waals surface area contributed by atoms with E-state index in [1.54, 1.807) is 14.2 Å². The molecule has 0 amide bonds. The summed E-state index contributed by atoms with van der Waals surface area (Å²) in [5.74, 6) is 1.52. The van der Waals surface area contributed by atoms with E-state index in [0.29, 0.717) is 12.0 Å². The lowest BCUT2D eigenvalue weighted by atomic mass is 9.96. The lowest BCUT2D eigenvalue weighted by molar-refractivity contribution is 0.173. The van der Waals surface area contributed by atoms with E-state index in [4.69, 9.17) is 9.47 Å². The minimum absolute atomic E-state index is 0.487. The minimum atomic E-state index is 0.487. The fourth-order valence-electron chi connectivity index (χ4n) is 2.30. The molecule has 3 nitrogen and oxygen atoms in total. The molecule has 1 aromatic rings. The predicted molar refractivity (Wildman–Crippen MR) is 64.0 cm³/mol. The molecule has 0 aromatic heterocycles. The van der Waals surface area contributed by atoms with Gasteiger partial charge in [0.1, 0.15) is 5.75 Å². The number of methoxy groups -OCH3 is 2. The van der Waals surface area contributed by atoms with Crippen LogP contribution in [0, 0.1) is 0 Å². The van der Waals surface area contributed by atoms with Gasteiger partial charge in [-0.25, -0.2) is 0 Å². The molecule has 0 radical (unpaired) electrons. The van der Waals surface area contributed by atoms with E-state index in [0.717, 1.165) is 25.3 Å². The molecular formula is C13H19NO2. The Morgan fingerprint density at radius 1 is 1.38 bits per heavy atom. The second kappa shape index (κ2) is 5.32. The van der Waals surface area contributed by atoms with Crippen LogP contribution in [-0.2, 0) is 4.74 Å². The largest absolute Gasteiger partial charge is 0.497 e. The van der Waals surface area contributed by atoms with Crippen LogP contribution >= 0.6 is 0 Å². The number of hydrogen-bond acceptors (Lipinski definition) is 3. The topological polar surface area (TPSA) is 30.5 Å². The normalized spacial score (nSPS) is 24.6. The molecule has 0 spiro atoms. The van der Waals surface area contributed by atoms with E-state index in [1.165, 1.54) is 5.56 Å². The van der Waals surface area contributed by atoms with Gasteiger partial charge in [0.05, 0.1) is 13.7 Å². The zero-order chi connectivity index (χ0) is 11.4. The molecule has 3 heteroatoms. The first kappa shape index (κ1) is 11.4. The maximum atomic E-state index is 5.24. The van der Waals surface area contributed by atoms with E-state index in [1.807, 2.05) is 6.07 Å². The molecule has 1 N–H and O–H groups in total. The monoisotopic (exact) mass is 221 g/mol. The standard InChI is InChI=1S/C13H19NO2/c1-15-9-12-6-11(8-14-12)10-4-3-5-13(7-10)16-2/h3-5,7,11-12,14H,6,8-9H2,1-2H3. The fourth-order valence-corrected chi connectivity index (χ4v) is 2.30. The maximum absolute atomic E-state index is 5.24. The van der Waals surface area contributed by atoms with Gasteiger partial charge >= 0.3 is 0 Å². The first-order chi connectivity index (χ1) is 7.83. The van der Waals surface area contributed by atoms with Crippen LogP contribution in [0.5, 0.6) is 5.75 Å². The quantitative estimate of drug-likeness (QED) is 0.840. The number of hydrogen-bond donors (Lipinski definition) is 1. The summed E-state index contributed by atoms with van der Waals surface area (Å²) in [5, 5.41) is 3.48. The van der Waals surface area contributed by atoms with Gasteiger partial charge in [0.2, 0.25) is 0 Å². The van der Waals surface area contributed by atoms with Crippen molar-refractivity contribution in [2.45, 2.75) is 18.4 Å². The first-order valence-corrected chi connectivity index (χ1v) is 5.69. The summed E-state index contributed by atoms with van der Waals surface area (Å²) in [7, 11) is 3.46. The second-order valence-corrected chi connectivity index (χ2v) is 4.27. The highest BCUT2D eigenvalue weighted by Crippen LogP contribution is 2.28. The highest BCUT2D eigenvalue weighted by Gasteiger charge is 2.25. The molecule has 1 aromatic carbocycles. The molecule has 2 atom stereocenters. The van der Waals surface area contributed by atoms with E-state index < -0.39 is 0 Å². The van der Waals surface area contributed by atoms with E-state index in [9.17, 15) is 0 Å². The molecule has 16 heavy (non-hydrogen) atoms. The predicted octanol–water partition coefficient (Wildman–Crippen LogP) is 1.79. The zero-order valence-electron chi connectivity index (χ0n) is 9.90. The van der Waals surface area contributed by atoms with Crippen molar-refractivity contribution in [2.75, 3.05) is 27.4 Å². The van der Waals surface area contributed by atoms with Gasteiger partial charge < -0.3 is 14.8 Å². The average Bonchev–Trinajstić information content (AvgIpc) is 2.78. The third kappa shape index (κ3) is 2.54. The van der Waals surface area contributed by atoms with Crippen LogP contribution < -0.4 is 10.1 Å². The molecule has 1 saturated heterocycles. The molecule has 2 unspecified atom stereocenters. The number of ether oxygens (including phenoxy) is 2. The Bertz CT molecular complexity index is 340. The van der Waals surface area contributed by atoms with Crippen LogP contribution in [0.3, 0.4) is 0 Å². The van der Waals surface area contributed by atoms with Crippen molar-refractivity contribution in [2.24, 2.45) is 0 Å². The SMILES string of the molecule is COCC1CC(c2cccc(OC)c2)CN1. The molecule has 1 heterocycles. The van der Waals surface area contributed by atoms with E-state index >= 15 is 0 Å². The van der Waals surface area contributed by atoms with E-state index in [-0.39, 0.29) is 0 Å². The molecule has 0 aliphatic carbocycles. The van der Waals surface area contributed by atoms with Crippen LogP contribution in [0.15, 0.2) is 24.3 Å². The molecule has 1 fully saturated rings. The highest BCUT2D eigenvalue weighted by atomic mass is 16.5. The van der Waals surface area contributed by atoms with Crippen molar-refractivity contribution >= 4 is 0 Å². The molecule has 1 aliphatic heterocycles. The summed E-state index contributed by atoms with van der Waals surface area (Å²) in [6.45, 7) is 1.82. The number of nitrogens with one attached hydrogen (secondary N) is 1. The lowest BCUT2D eigenvalue weighted by Gasteiger charge is -2.11. The van der Waals surface area contributed by atoms with Gasteiger partial charge in [0.15, 0.2) is 0 Å². The molecular weight excluding hydrogens is 202 g/mol. The van der Waals surface area contributed by atoms with Gasteiger partial charge in [-0.05, 0) is 30.0 Å². The van der Waals surface area contributed by atoms with E-state index in [2.05, 4.69) is 23.5 Å². The number of rotatable bonds is 4. The average molecular weight is 221 g/mol. The van der Waals surface area contributed by atoms with Crippen LogP contribution in [0.4, 0.5) is 0 Å². The van der Waals surface area contributed by atoms with Crippen molar-refractivity contribution < 1.29 is 9.47 Å². The van der Waals surface area contributed by atoms with Crippen molar-refractivity contribution in [1.82, 2.24) is 5.32 Å². The third-order valence-corrected chi connectivity index (χ3v) is 3.16.